The van der Waals surface area contributed by atoms with Crippen LogP contribution >= 0.6 is 11.3 Å². The van der Waals surface area contributed by atoms with E-state index in [-0.39, 0.29) is 29.7 Å². The fraction of sp³-hybridized carbons (Fsp3) is 0.417. The van der Waals surface area contributed by atoms with Crippen molar-refractivity contribution in [1.29, 1.82) is 0 Å². The Morgan fingerprint density at radius 2 is 1.91 bits per heavy atom. The zero-order chi connectivity index (χ0) is 24.5. The van der Waals surface area contributed by atoms with Gasteiger partial charge >= 0.3 is 0 Å². The first-order valence-corrected chi connectivity index (χ1v) is 12.5. The first kappa shape index (κ1) is 23.2. The van der Waals surface area contributed by atoms with Crippen molar-refractivity contribution in [2.75, 3.05) is 23.3 Å². The Hall–Kier alpha value is -3.60. The average molecular weight is 495 g/mol. The van der Waals surface area contributed by atoms with E-state index in [4.69, 9.17) is 0 Å². The summed E-state index contributed by atoms with van der Waals surface area (Å²) in [5.74, 6) is -0.331. The molecule has 2 aliphatic rings. The van der Waals surface area contributed by atoms with Crippen molar-refractivity contribution in [2.45, 2.75) is 45.2 Å². The Bertz CT molecular complexity index is 1350. The number of ketones is 1. The molecule has 0 bridgehead atoms. The minimum Gasteiger partial charge on any atom is -0.353 e. The molecule has 0 spiro atoms. The number of carbonyl (C=O) groups is 3. The fourth-order valence-electron chi connectivity index (χ4n) is 4.13. The molecule has 35 heavy (non-hydrogen) atoms. The first-order chi connectivity index (χ1) is 16.9. The molecule has 5 rings (SSSR count). The van der Waals surface area contributed by atoms with E-state index < -0.39 is 5.91 Å². The van der Waals surface area contributed by atoms with E-state index in [9.17, 15) is 19.2 Å². The molecule has 2 aromatic heterocycles. The lowest BCUT2D eigenvalue weighted by Gasteiger charge is -2.30. The Morgan fingerprint density at radius 3 is 2.63 bits per heavy atom. The van der Waals surface area contributed by atoms with Gasteiger partial charge in [-0.3, -0.25) is 23.7 Å². The van der Waals surface area contributed by atoms with E-state index in [1.54, 1.807) is 24.3 Å². The van der Waals surface area contributed by atoms with Crippen molar-refractivity contribution in [3.8, 4) is 0 Å². The molecule has 11 heteroatoms. The van der Waals surface area contributed by atoms with Gasteiger partial charge in [-0.05, 0) is 44.7 Å². The van der Waals surface area contributed by atoms with Gasteiger partial charge in [0.15, 0.2) is 16.6 Å². The average Bonchev–Trinajstić information content (AvgIpc) is 3.55. The summed E-state index contributed by atoms with van der Waals surface area (Å²) in [6.07, 6.45) is 4.98. The van der Waals surface area contributed by atoms with Crippen molar-refractivity contribution in [1.82, 2.24) is 19.9 Å². The molecule has 0 atom stereocenters. The topological polar surface area (TPSA) is 126 Å². The van der Waals surface area contributed by atoms with Crippen molar-refractivity contribution >= 4 is 50.1 Å². The number of anilines is 2. The third-order valence-electron chi connectivity index (χ3n) is 6.30. The van der Waals surface area contributed by atoms with E-state index in [1.165, 1.54) is 29.2 Å². The highest BCUT2D eigenvalue weighted by Crippen LogP contribution is 2.30. The van der Waals surface area contributed by atoms with Gasteiger partial charge in [0.25, 0.3) is 5.56 Å². The number of fused-ring (bicyclic) bond motifs is 1. The summed E-state index contributed by atoms with van der Waals surface area (Å²) >= 11 is 1.26. The number of aromatic nitrogens is 3. The summed E-state index contributed by atoms with van der Waals surface area (Å²) in [6, 6.07) is 7.01. The molecular weight excluding hydrogens is 468 g/mol. The van der Waals surface area contributed by atoms with Gasteiger partial charge in [0.05, 0.1) is 0 Å². The largest absolute Gasteiger partial charge is 0.353 e. The van der Waals surface area contributed by atoms with Crippen molar-refractivity contribution < 1.29 is 14.4 Å². The summed E-state index contributed by atoms with van der Waals surface area (Å²) < 4.78 is 1.64. The van der Waals surface area contributed by atoms with Gasteiger partial charge in [0, 0.05) is 36.3 Å². The molecular formula is C24H26N6O4S. The molecule has 1 saturated carbocycles. The molecule has 2 N–H and O–H groups in total. The zero-order valence-corrected chi connectivity index (χ0v) is 20.1. The fourth-order valence-corrected chi connectivity index (χ4v) is 5.15. The van der Waals surface area contributed by atoms with E-state index in [2.05, 4.69) is 25.5 Å². The second kappa shape index (κ2) is 9.57. The minimum atomic E-state index is -0.398. The molecule has 10 nitrogen and oxygen atoms in total. The van der Waals surface area contributed by atoms with Crippen LogP contribution in [0.2, 0.25) is 0 Å². The Balaban J connectivity index is 1.24. The highest BCUT2D eigenvalue weighted by Gasteiger charge is 2.30. The van der Waals surface area contributed by atoms with Gasteiger partial charge in [-0.15, -0.1) is 0 Å². The highest BCUT2D eigenvalue weighted by molar-refractivity contribution is 7.22. The lowest BCUT2D eigenvalue weighted by atomic mass is 9.96. The van der Waals surface area contributed by atoms with Crippen LogP contribution in [0.5, 0.6) is 0 Å². The minimum absolute atomic E-state index is 0.0197. The van der Waals surface area contributed by atoms with E-state index in [1.807, 2.05) is 0 Å². The molecule has 1 aliphatic carbocycles. The van der Waals surface area contributed by atoms with Crippen LogP contribution in [-0.2, 0) is 16.1 Å². The van der Waals surface area contributed by atoms with E-state index >= 15 is 0 Å². The summed E-state index contributed by atoms with van der Waals surface area (Å²) in [6.45, 7) is 2.64. The molecule has 1 aromatic carbocycles. The number of rotatable bonds is 7. The van der Waals surface area contributed by atoms with Gasteiger partial charge in [-0.2, -0.15) is 4.98 Å². The Morgan fingerprint density at radius 1 is 1.14 bits per heavy atom. The van der Waals surface area contributed by atoms with Crippen LogP contribution in [0, 0.1) is 5.92 Å². The van der Waals surface area contributed by atoms with Gasteiger partial charge < -0.3 is 15.5 Å². The number of nitrogens with zero attached hydrogens (tertiary/aromatic N) is 4. The standard InChI is InChI=1S/C24H26N6O4S/c1-14(31)16-3-2-4-18(11-16)26-19(32)12-30-13-25-21-20(23(30)34)35-24(28-21)29-9-7-15(8-10-29)22(33)27-17-5-6-17/h2-4,11,13,15,17H,5-10,12H2,1H3,(H,26,32)(H,27,33). The molecule has 182 valence electrons. The second-order valence-electron chi connectivity index (χ2n) is 9.06. The van der Waals surface area contributed by atoms with Crippen LogP contribution in [0.3, 0.4) is 0 Å². The number of hydrogen-bond acceptors (Lipinski definition) is 8. The summed E-state index contributed by atoms with van der Waals surface area (Å²) in [5.41, 5.74) is 1.01. The summed E-state index contributed by atoms with van der Waals surface area (Å²) in [5, 5.41) is 6.50. The molecule has 3 aromatic rings. The SMILES string of the molecule is CC(=O)c1cccc(NC(=O)Cn2cnc3nc(N4CCC(C(=O)NC5CC5)CC4)sc3c2=O)c1. The van der Waals surface area contributed by atoms with Crippen molar-refractivity contribution in [2.24, 2.45) is 5.92 Å². The molecule has 1 aliphatic heterocycles. The predicted molar refractivity (Wildman–Crippen MR) is 133 cm³/mol. The summed E-state index contributed by atoms with van der Waals surface area (Å²) in [7, 11) is 0. The van der Waals surface area contributed by atoms with E-state index in [0.29, 0.717) is 45.9 Å². The monoisotopic (exact) mass is 494 g/mol. The third kappa shape index (κ3) is 5.24. The number of carbonyl (C=O) groups excluding carboxylic acids is 3. The van der Waals surface area contributed by atoms with Crippen LogP contribution in [0.4, 0.5) is 10.8 Å². The van der Waals surface area contributed by atoms with Crippen LogP contribution in [0.1, 0.15) is 43.0 Å². The zero-order valence-electron chi connectivity index (χ0n) is 19.3. The number of thiazole rings is 1. The molecule has 0 radical (unpaired) electrons. The van der Waals surface area contributed by atoms with Gasteiger partial charge in [-0.25, -0.2) is 4.98 Å². The molecule has 0 unspecified atom stereocenters. The maximum atomic E-state index is 13.0. The van der Waals surface area contributed by atoms with Crippen molar-refractivity contribution in [3.63, 3.8) is 0 Å². The van der Waals surface area contributed by atoms with Crippen LogP contribution in [0.25, 0.3) is 10.3 Å². The normalized spacial score (nSPS) is 16.3. The predicted octanol–water partition coefficient (Wildman–Crippen LogP) is 2.19. The molecule has 2 fully saturated rings. The first-order valence-electron chi connectivity index (χ1n) is 11.7. The number of benzene rings is 1. The van der Waals surface area contributed by atoms with Gasteiger partial charge in [-0.1, -0.05) is 23.5 Å². The Kier molecular flexibility index (Phi) is 6.33. The van der Waals surface area contributed by atoms with Crippen molar-refractivity contribution in [3.05, 3.63) is 46.5 Å². The van der Waals surface area contributed by atoms with Gasteiger partial charge in [0.1, 0.15) is 17.6 Å². The maximum Gasteiger partial charge on any atom is 0.273 e. The third-order valence-corrected chi connectivity index (χ3v) is 7.39. The smallest absolute Gasteiger partial charge is 0.273 e. The number of nitrogens with one attached hydrogen (secondary N) is 2. The quantitative estimate of drug-likeness (QED) is 0.482. The van der Waals surface area contributed by atoms with Crippen LogP contribution in [0.15, 0.2) is 35.4 Å². The Labute approximate surface area is 205 Å². The van der Waals surface area contributed by atoms with Crippen LogP contribution in [-0.4, -0.2) is 51.3 Å². The van der Waals surface area contributed by atoms with E-state index in [0.717, 1.165) is 25.7 Å². The number of Topliss-reactive ketones (excluding diaryl/α,β-unsaturated/α-hetero) is 1. The number of piperidine rings is 1. The molecule has 3 heterocycles. The lowest BCUT2D eigenvalue weighted by Crippen LogP contribution is -2.41. The number of amides is 2. The number of hydrogen-bond donors (Lipinski definition) is 2. The highest BCUT2D eigenvalue weighted by atomic mass is 32.1. The van der Waals surface area contributed by atoms with Gasteiger partial charge in [0.2, 0.25) is 11.8 Å². The molecule has 1 saturated heterocycles. The second-order valence-corrected chi connectivity index (χ2v) is 10.0. The maximum absolute atomic E-state index is 13.0. The van der Waals surface area contributed by atoms with Crippen LogP contribution < -0.4 is 21.1 Å². The summed E-state index contributed by atoms with van der Waals surface area (Å²) in [4.78, 5) is 60.3. The lowest BCUT2D eigenvalue weighted by molar-refractivity contribution is -0.125. The molecule has 2 amide bonds.